The Balaban J connectivity index is 1.52. The topological polar surface area (TPSA) is 72.2 Å². The fourth-order valence-electron chi connectivity index (χ4n) is 2.04. The molecule has 0 spiro atoms. The highest BCUT2D eigenvalue weighted by Gasteiger charge is 2.10. The van der Waals surface area contributed by atoms with E-state index in [4.69, 9.17) is 0 Å². The third-order valence-corrected chi connectivity index (χ3v) is 4.12. The Bertz CT molecular complexity index is 813. The molecule has 0 radical (unpaired) electrons. The number of carbonyl (C=O) groups is 1. The molecule has 1 aromatic carbocycles. The summed E-state index contributed by atoms with van der Waals surface area (Å²) in [6.45, 7) is 2.29. The average molecular weight is 319 g/mol. The van der Waals surface area contributed by atoms with Crippen molar-refractivity contribution in [1.82, 2.24) is 25.1 Å². The Labute approximate surface area is 130 Å². The molecule has 8 heteroatoms. The van der Waals surface area contributed by atoms with E-state index in [9.17, 15) is 9.18 Å². The molecule has 0 unspecified atom stereocenters. The molecular formula is C14H14FN5OS. The van der Waals surface area contributed by atoms with Crippen LogP contribution >= 0.6 is 11.3 Å². The van der Waals surface area contributed by atoms with Crippen molar-refractivity contribution >= 4 is 22.2 Å². The molecule has 0 bridgehead atoms. The third kappa shape index (κ3) is 3.11. The quantitative estimate of drug-likeness (QED) is 0.774. The van der Waals surface area contributed by atoms with Crippen LogP contribution in [0.3, 0.4) is 0 Å². The van der Waals surface area contributed by atoms with Crippen molar-refractivity contribution in [1.29, 1.82) is 0 Å². The van der Waals surface area contributed by atoms with Crippen LogP contribution in [0.5, 0.6) is 0 Å². The van der Waals surface area contributed by atoms with Crippen LogP contribution in [0.4, 0.5) is 4.39 Å². The van der Waals surface area contributed by atoms with Crippen LogP contribution in [0.15, 0.2) is 24.3 Å². The van der Waals surface area contributed by atoms with Gasteiger partial charge < -0.3 is 5.32 Å². The normalized spacial score (nSPS) is 11.0. The Morgan fingerprint density at radius 3 is 2.95 bits per heavy atom. The standard InChI is InChI=1S/C14H14FN5OS/c1-9-17-18-14-20(9)19-13(22-14)6-7-16-12(21)8-10-4-2-3-5-11(10)15/h2-5H,6-8H2,1H3,(H,16,21). The predicted molar refractivity (Wildman–Crippen MR) is 80.2 cm³/mol. The third-order valence-electron chi connectivity index (χ3n) is 3.16. The summed E-state index contributed by atoms with van der Waals surface area (Å²) < 4.78 is 15.1. The molecule has 0 aliphatic carbocycles. The van der Waals surface area contributed by atoms with Crippen molar-refractivity contribution in [2.45, 2.75) is 19.8 Å². The highest BCUT2D eigenvalue weighted by atomic mass is 32.1. The summed E-state index contributed by atoms with van der Waals surface area (Å²) in [5, 5.41) is 15.9. The zero-order valence-electron chi connectivity index (χ0n) is 11.9. The first-order valence-corrected chi connectivity index (χ1v) is 7.63. The molecule has 3 aromatic rings. The smallest absolute Gasteiger partial charge is 0.234 e. The fraction of sp³-hybridized carbons (Fsp3) is 0.286. The zero-order valence-corrected chi connectivity index (χ0v) is 12.7. The summed E-state index contributed by atoms with van der Waals surface area (Å²) in [4.78, 5) is 12.5. The zero-order chi connectivity index (χ0) is 15.5. The first kappa shape index (κ1) is 14.6. The molecule has 3 rings (SSSR count). The maximum absolute atomic E-state index is 13.5. The molecule has 0 saturated carbocycles. The van der Waals surface area contributed by atoms with Crippen LogP contribution in [0.1, 0.15) is 16.4 Å². The van der Waals surface area contributed by atoms with Crippen LogP contribution < -0.4 is 5.32 Å². The summed E-state index contributed by atoms with van der Waals surface area (Å²) in [5.41, 5.74) is 0.398. The van der Waals surface area contributed by atoms with Gasteiger partial charge in [0.15, 0.2) is 5.82 Å². The van der Waals surface area contributed by atoms with Gasteiger partial charge in [0.2, 0.25) is 10.9 Å². The first-order chi connectivity index (χ1) is 10.6. The number of aromatic nitrogens is 4. The predicted octanol–water partition coefficient (Wildman–Crippen LogP) is 1.53. The Morgan fingerprint density at radius 2 is 2.18 bits per heavy atom. The molecule has 1 amide bonds. The minimum atomic E-state index is -0.359. The Kier molecular flexibility index (Phi) is 4.10. The second-order valence-corrected chi connectivity index (χ2v) is 5.85. The number of nitrogens with zero attached hydrogens (tertiary/aromatic N) is 4. The number of hydrogen-bond acceptors (Lipinski definition) is 5. The van der Waals surface area contributed by atoms with Crippen molar-refractivity contribution in [2.75, 3.05) is 6.54 Å². The van der Waals surface area contributed by atoms with E-state index < -0.39 is 0 Å². The van der Waals surface area contributed by atoms with Crippen LogP contribution in [-0.2, 0) is 17.6 Å². The maximum atomic E-state index is 13.5. The minimum Gasteiger partial charge on any atom is -0.355 e. The molecule has 0 saturated heterocycles. The van der Waals surface area contributed by atoms with E-state index in [0.717, 1.165) is 15.8 Å². The number of hydrogen-bond donors (Lipinski definition) is 1. The van der Waals surface area contributed by atoms with Gasteiger partial charge in [-0.05, 0) is 18.6 Å². The number of amides is 1. The van der Waals surface area contributed by atoms with Crippen molar-refractivity contribution in [3.63, 3.8) is 0 Å². The SMILES string of the molecule is Cc1nnc2sc(CCNC(=O)Cc3ccccc3F)nn12. The lowest BCUT2D eigenvalue weighted by molar-refractivity contribution is -0.120. The summed E-state index contributed by atoms with van der Waals surface area (Å²) in [5.74, 6) is 0.173. The molecule has 0 fully saturated rings. The van der Waals surface area contributed by atoms with Gasteiger partial charge in [0, 0.05) is 13.0 Å². The summed E-state index contributed by atoms with van der Waals surface area (Å²) >= 11 is 1.44. The maximum Gasteiger partial charge on any atom is 0.234 e. The molecular weight excluding hydrogens is 305 g/mol. The molecule has 22 heavy (non-hydrogen) atoms. The van der Waals surface area contributed by atoms with Crippen LogP contribution in [0.2, 0.25) is 0 Å². The second kappa shape index (κ2) is 6.18. The largest absolute Gasteiger partial charge is 0.355 e. The molecule has 0 aliphatic rings. The van der Waals surface area contributed by atoms with Gasteiger partial charge in [-0.3, -0.25) is 4.79 Å². The Hall–Kier alpha value is -2.35. The van der Waals surface area contributed by atoms with E-state index in [1.54, 1.807) is 22.7 Å². The molecule has 114 valence electrons. The van der Waals surface area contributed by atoms with Gasteiger partial charge in [-0.2, -0.15) is 9.61 Å². The van der Waals surface area contributed by atoms with Crippen molar-refractivity contribution < 1.29 is 9.18 Å². The van der Waals surface area contributed by atoms with Gasteiger partial charge in [0.25, 0.3) is 0 Å². The summed E-state index contributed by atoms with van der Waals surface area (Å²) in [7, 11) is 0. The molecule has 2 aromatic heterocycles. The average Bonchev–Trinajstić information content (AvgIpc) is 3.04. The highest BCUT2D eigenvalue weighted by Crippen LogP contribution is 2.13. The number of fused-ring (bicyclic) bond motifs is 1. The lowest BCUT2D eigenvalue weighted by Crippen LogP contribution is -2.27. The van der Waals surface area contributed by atoms with Crippen molar-refractivity contribution in [2.24, 2.45) is 0 Å². The Morgan fingerprint density at radius 1 is 1.36 bits per heavy atom. The van der Waals surface area contributed by atoms with E-state index in [-0.39, 0.29) is 18.1 Å². The number of benzene rings is 1. The number of aryl methyl sites for hydroxylation is 1. The molecule has 1 N–H and O–H groups in total. The van der Waals surface area contributed by atoms with E-state index >= 15 is 0 Å². The van der Waals surface area contributed by atoms with Crippen molar-refractivity contribution in [3.8, 4) is 0 Å². The van der Waals surface area contributed by atoms with Gasteiger partial charge in [-0.1, -0.05) is 29.5 Å². The van der Waals surface area contributed by atoms with Gasteiger partial charge in [-0.25, -0.2) is 4.39 Å². The highest BCUT2D eigenvalue weighted by molar-refractivity contribution is 7.16. The summed E-state index contributed by atoms with van der Waals surface area (Å²) in [6.07, 6.45) is 0.646. The molecule has 2 heterocycles. The van der Waals surface area contributed by atoms with E-state index in [1.165, 1.54) is 17.4 Å². The lowest BCUT2D eigenvalue weighted by Gasteiger charge is -2.04. The minimum absolute atomic E-state index is 0.0386. The van der Waals surface area contributed by atoms with Crippen molar-refractivity contribution in [3.05, 3.63) is 46.5 Å². The lowest BCUT2D eigenvalue weighted by atomic mass is 10.1. The molecule has 6 nitrogen and oxygen atoms in total. The van der Waals surface area contributed by atoms with Gasteiger partial charge in [-0.15, -0.1) is 10.2 Å². The monoisotopic (exact) mass is 319 g/mol. The van der Waals surface area contributed by atoms with Crippen LogP contribution in [0.25, 0.3) is 4.96 Å². The first-order valence-electron chi connectivity index (χ1n) is 6.81. The number of carbonyl (C=O) groups excluding carboxylic acids is 1. The molecule has 0 aliphatic heterocycles. The van der Waals surface area contributed by atoms with Crippen LogP contribution in [0, 0.1) is 12.7 Å². The van der Waals surface area contributed by atoms with E-state index in [0.29, 0.717) is 18.5 Å². The fourth-order valence-corrected chi connectivity index (χ4v) is 2.92. The summed E-state index contributed by atoms with van der Waals surface area (Å²) in [6, 6.07) is 6.28. The number of halogens is 1. The van der Waals surface area contributed by atoms with Gasteiger partial charge in [0.1, 0.15) is 10.8 Å². The second-order valence-electron chi connectivity index (χ2n) is 4.81. The van der Waals surface area contributed by atoms with Gasteiger partial charge in [0.05, 0.1) is 6.42 Å². The number of rotatable bonds is 5. The molecule has 0 atom stereocenters. The van der Waals surface area contributed by atoms with E-state index in [1.807, 2.05) is 6.92 Å². The van der Waals surface area contributed by atoms with E-state index in [2.05, 4.69) is 20.6 Å². The van der Waals surface area contributed by atoms with Crippen LogP contribution in [-0.4, -0.2) is 32.3 Å². The van der Waals surface area contributed by atoms with Gasteiger partial charge >= 0.3 is 0 Å². The number of nitrogens with one attached hydrogen (secondary N) is 1.